The summed E-state index contributed by atoms with van der Waals surface area (Å²) in [6.45, 7) is 4.23. The van der Waals surface area contributed by atoms with Gasteiger partial charge in [0, 0.05) is 37.8 Å². The average molecular weight is 284 g/mol. The lowest BCUT2D eigenvalue weighted by molar-refractivity contribution is -0.127. The fourth-order valence-corrected chi connectivity index (χ4v) is 2.25. The summed E-state index contributed by atoms with van der Waals surface area (Å²) < 4.78 is 0. The first-order chi connectivity index (χ1) is 10.2. The van der Waals surface area contributed by atoms with Crippen LogP contribution in [0.3, 0.4) is 0 Å². The van der Waals surface area contributed by atoms with E-state index in [1.807, 2.05) is 49.4 Å². The predicted molar refractivity (Wildman–Crippen MR) is 82.9 cm³/mol. The topological polar surface area (TPSA) is 40.6 Å². The van der Waals surface area contributed by atoms with Crippen LogP contribution in [-0.4, -0.2) is 47.8 Å². The summed E-state index contributed by atoms with van der Waals surface area (Å²) in [4.78, 5) is 27.8. The predicted octanol–water partition coefficient (Wildman–Crippen LogP) is 2.10. The van der Waals surface area contributed by atoms with E-state index in [9.17, 15) is 9.59 Å². The maximum Gasteiger partial charge on any atom is 0.253 e. The van der Waals surface area contributed by atoms with E-state index >= 15 is 0 Å². The van der Waals surface area contributed by atoms with E-state index in [1.165, 1.54) is 0 Å². The van der Waals surface area contributed by atoms with Gasteiger partial charge in [0.25, 0.3) is 5.91 Å². The van der Waals surface area contributed by atoms with Crippen molar-refractivity contribution in [2.45, 2.75) is 6.92 Å². The first-order valence-electron chi connectivity index (χ1n) is 7.15. The molecular weight excluding hydrogens is 264 g/mol. The van der Waals surface area contributed by atoms with E-state index < -0.39 is 0 Å². The molecular formula is C17H20N2O2. The fourth-order valence-electron chi connectivity index (χ4n) is 2.25. The Morgan fingerprint density at radius 1 is 0.952 bits per heavy atom. The summed E-state index contributed by atoms with van der Waals surface area (Å²) in [5.74, 6) is 0.0343. The number of benzene rings is 1. The Labute approximate surface area is 125 Å². The third-order valence-corrected chi connectivity index (χ3v) is 3.44. The number of allylic oxidation sites excluding steroid dienone is 3. The van der Waals surface area contributed by atoms with Gasteiger partial charge in [-0.2, -0.15) is 0 Å². The summed E-state index contributed by atoms with van der Waals surface area (Å²) in [5, 5.41) is 0. The van der Waals surface area contributed by atoms with Crippen LogP contribution >= 0.6 is 0 Å². The molecule has 0 bridgehead atoms. The lowest BCUT2D eigenvalue weighted by Crippen LogP contribution is -2.50. The summed E-state index contributed by atoms with van der Waals surface area (Å²) in [6.07, 6.45) is 7.01. The van der Waals surface area contributed by atoms with Crippen molar-refractivity contribution in [2.24, 2.45) is 0 Å². The minimum atomic E-state index is -0.0000832. The SMILES string of the molecule is CC=CC=CC(=O)N1CCN(C(=O)c2ccccc2)CC1. The van der Waals surface area contributed by atoms with E-state index in [0.29, 0.717) is 31.7 Å². The quantitative estimate of drug-likeness (QED) is 0.630. The summed E-state index contributed by atoms with van der Waals surface area (Å²) in [6, 6.07) is 9.25. The van der Waals surface area contributed by atoms with Gasteiger partial charge in [-0.3, -0.25) is 9.59 Å². The lowest BCUT2D eigenvalue weighted by Gasteiger charge is -2.34. The molecule has 21 heavy (non-hydrogen) atoms. The van der Waals surface area contributed by atoms with Gasteiger partial charge in [0.1, 0.15) is 0 Å². The van der Waals surface area contributed by atoms with Gasteiger partial charge in [0.15, 0.2) is 0 Å². The fraction of sp³-hybridized carbons (Fsp3) is 0.294. The first kappa shape index (κ1) is 15.0. The lowest BCUT2D eigenvalue weighted by atomic mass is 10.2. The number of hydrogen-bond acceptors (Lipinski definition) is 2. The van der Waals surface area contributed by atoms with Crippen LogP contribution in [0.1, 0.15) is 17.3 Å². The van der Waals surface area contributed by atoms with Crippen LogP contribution in [0.15, 0.2) is 54.6 Å². The van der Waals surface area contributed by atoms with Gasteiger partial charge >= 0.3 is 0 Å². The van der Waals surface area contributed by atoms with Gasteiger partial charge in [0.2, 0.25) is 5.91 Å². The number of carbonyl (C=O) groups is 2. The molecule has 1 saturated heterocycles. The Balaban J connectivity index is 1.88. The minimum Gasteiger partial charge on any atom is -0.336 e. The molecule has 1 aliphatic rings. The van der Waals surface area contributed by atoms with E-state index in [0.717, 1.165) is 0 Å². The second-order valence-electron chi connectivity index (χ2n) is 4.87. The molecule has 4 nitrogen and oxygen atoms in total. The van der Waals surface area contributed by atoms with Crippen molar-refractivity contribution in [1.29, 1.82) is 0 Å². The summed E-state index contributed by atoms with van der Waals surface area (Å²) in [7, 11) is 0. The van der Waals surface area contributed by atoms with Crippen LogP contribution < -0.4 is 0 Å². The normalized spacial score (nSPS) is 15.9. The number of hydrogen-bond donors (Lipinski definition) is 0. The molecule has 1 aliphatic heterocycles. The molecule has 2 amide bonds. The molecule has 0 unspecified atom stereocenters. The molecule has 0 spiro atoms. The highest BCUT2D eigenvalue weighted by atomic mass is 16.2. The maximum atomic E-state index is 12.3. The minimum absolute atomic E-state index is 0.0000832. The number of rotatable bonds is 3. The van der Waals surface area contributed by atoms with Crippen molar-refractivity contribution >= 4 is 11.8 Å². The van der Waals surface area contributed by atoms with E-state index in [2.05, 4.69) is 0 Å². The molecule has 0 saturated carbocycles. The molecule has 1 aromatic carbocycles. The molecule has 1 aromatic rings. The van der Waals surface area contributed by atoms with Crippen molar-refractivity contribution in [2.75, 3.05) is 26.2 Å². The molecule has 0 radical (unpaired) electrons. The Bertz CT molecular complexity index is 541. The molecule has 0 aliphatic carbocycles. The van der Waals surface area contributed by atoms with Crippen LogP contribution in [0.2, 0.25) is 0 Å². The Kier molecular flexibility index (Phi) is 5.32. The highest BCUT2D eigenvalue weighted by molar-refractivity contribution is 5.94. The molecule has 4 heteroatoms. The highest BCUT2D eigenvalue weighted by Gasteiger charge is 2.23. The molecule has 1 heterocycles. The van der Waals surface area contributed by atoms with Gasteiger partial charge in [-0.15, -0.1) is 0 Å². The molecule has 0 atom stereocenters. The zero-order valence-electron chi connectivity index (χ0n) is 12.2. The summed E-state index contributed by atoms with van der Waals surface area (Å²) in [5.41, 5.74) is 0.699. The second-order valence-corrected chi connectivity index (χ2v) is 4.87. The Hall–Kier alpha value is -2.36. The average Bonchev–Trinajstić information content (AvgIpc) is 2.55. The molecule has 2 rings (SSSR count). The van der Waals surface area contributed by atoms with E-state index in [1.54, 1.807) is 22.0 Å². The smallest absolute Gasteiger partial charge is 0.253 e. The third kappa shape index (κ3) is 4.05. The maximum absolute atomic E-state index is 12.3. The third-order valence-electron chi connectivity index (χ3n) is 3.44. The molecule has 0 N–H and O–H groups in total. The molecule has 110 valence electrons. The largest absolute Gasteiger partial charge is 0.336 e. The highest BCUT2D eigenvalue weighted by Crippen LogP contribution is 2.09. The van der Waals surface area contributed by atoms with Gasteiger partial charge in [-0.05, 0) is 19.1 Å². The van der Waals surface area contributed by atoms with Gasteiger partial charge in [-0.25, -0.2) is 0 Å². The second kappa shape index (κ2) is 7.43. The van der Waals surface area contributed by atoms with Crippen LogP contribution in [0.5, 0.6) is 0 Å². The van der Waals surface area contributed by atoms with Crippen molar-refractivity contribution < 1.29 is 9.59 Å². The van der Waals surface area contributed by atoms with Gasteiger partial charge in [-0.1, -0.05) is 36.4 Å². The number of carbonyl (C=O) groups excluding carboxylic acids is 2. The van der Waals surface area contributed by atoms with E-state index in [-0.39, 0.29) is 11.8 Å². The Morgan fingerprint density at radius 2 is 1.57 bits per heavy atom. The molecule has 1 fully saturated rings. The number of amides is 2. The zero-order chi connectivity index (χ0) is 15.1. The summed E-state index contributed by atoms with van der Waals surface area (Å²) >= 11 is 0. The van der Waals surface area contributed by atoms with Gasteiger partial charge < -0.3 is 9.80 Å². The Morgan fingerprint density at radius 3 is 2.19 bits per heavy atom. The van der Waals surface area contributed by atoms with Gasteiger partial charge in [0.05, 0.1) is 0 Å². The van der Waals surface area contributed by atoms with Crippen molar-refractivity contribution in [3.8, 4) is 0 Å². The first-order valence-corrected chi connectivity index (χ1v) is 7.15. The number of piperazine rings is 1. The van der Waals surface area contributed by atoms with Crippen LogP contribution in [0.25, 0.3) is 0 Å². The van der Waals surface area contributed by atoms with Crippen molar-refractivity contribution in [1.82, 2.24) is 9.80 Å². The van der Waals surface area contributed by atoms with Crippen LogP contribution in [0, 0.1) is 0 Å². The van der Waals surface area contributed by atoms with Crippen LogP contribution in [-0.2, 0) is 4.79 Å². The van der Waals surface area contributed by atoms with E-state index in [4.69, 9.17) is 0 Å². The standard InChI is InChI=1S/C17H20N2O2/c1-2-3-5-10-16(20)18-11-13-19(14-12-18)17(21)15-8-6-4-7-9-15/h2-10H,11-14H2,1H3. The molecule has 0 aromatic heterocycles. The van der Waals surface area contributed by atoms with Crippen molar-refractivity contribution in [3.63, 3.8) is 0 Å². The van der Waals surface area contributed by atoms with Crippen molar-refractivity contribution in [3.05, 3.63) is 60.2 Å². The monoisotopic (exact) mass is 284 g/mol. The number of nitrogens with zero attached hydrogens (tertiary/aromatic N) is 2. The zero-order valence-corrected chi connectivity index (χ0v) is 12.2. The van der Waals surface area contributed by atoms with Crippen LogP contribution in [0.4, 0.5) is 0 Å².